The van der Waals surface area contributed by atoms with E-state index >= 15 is 0 Å². The Hall–Kier alpha value is -2.43. The number of aryl methyl sites for hydroxylation is 6. The van der Waals surface area contributed by atoms with Gasteiger partial charge in [0.2, 0.25) is 0 Å². The first-order valence-electron chi connectivity index (χ1n) is 10.3. The second-order valence-electron chi connectivity index (χ2n) is 8.36. The summed E-state index contributed by atoms with van der Waals surface area (Å²) in [5.41, 5.74) is 8.30. The molecule has 29 heavy (non-hydrogen) atoms. The third-order valence-electron chi connectivity index (χ3n) is 5.71. The zero-order valence-electron chi connectivity index (χ0n) is 18.3. The Balaban J connectivity index is 2.05. The standard InChI is InChI=1S/C28H29P/c1-18-13-20(3)27(21(4)14-18)29(28-22(5)15-19(2)16-23(28)6)26-12-11-24-9-7-8-10-25(24)17-26/h7-17H,1-6H3. The van der Waals surface area contributed by atoms with E-state index in [9.17, 15) is 0 Å². The lowest BCUT2D eigenvalue weighted by Crippen LogP contribution is -2.27. The van der Waals surface area contributed by atoms with Crippen LogP contribution in [0.25, 0.3) is 10.8 Å². The lowest BCUT2D eigenvalue weighted by Gasteiger charge is -2.27. The molecule has 0 saturated carbocycles. The van der Waals surface area contributed by atoms with Crippen molar-refractivity contribution in [2.75, 3.05) is 0 Å². The maximum Gasteiger partial charge on any atom is -0.00923 e. The van der Waals surface area contributed by atoms with Crippen LogP contribution >= 0.6 is 7.92 Å². The zero-order valence-corrected chi connectivity index (χ0v) is 19.2. The van der Waals surface area contributed by atoms with Crippen LogP contribution < -0.4 is 15.9 Å². The molecule has 0 aliphatic heterocycles. The molecule has 0 amide bonds. The Morgan fingerprint density at radius 3 is 1.41 bits per heavy atom. The average molecular weight is 397 g/mol. The maximum atomic E-state index is 2.42. The molecule has 0 N–H and O–H groups in total. The Kier molecular flexibility index (Phi) is 5.32. The molecule has 4 rings (SSSR count). The van der Waals surface area contributed by atoms with Crippen molar-refractivity contribution in [3.05, 3.63) is 100 Å². The summed E-state index contributed by atoms with van der Waals surface area (Å²) < 4.78 is 0. The number of fused-ring (bicyclic) bond motifs is 1. The van der Waals surface area contributed by atoms with E-state index < -0.39 is 7.92 Å². The molecule has 0 aromatic heterocycles. The highest BCUT2D eigenvalue weighted by atomic mass is 31.1. The van der Waals surface area contributed by atoms with Gasteiger partial charge in [-0.25, -0.2) is 0 Å². The molecule has 4 aromatic carbocycles. The van der Waals surface area contributed by atoms with Crippen molar-refractivity contribution >= 4 is 34.6 Å². The van der Waals surface area contributed by atoms with E-state index in [1.165, 1.54) is 60.1 Å². The van der Waals surface area contributed by atoms with Crippen molar-refractivity contribution in [3.63, 3.8) is 0 Å². The van der Waals surface area contributed by atoms with Gasteiger partial charge >= 0.3 is 0 Å². The molecule has 0 fully saturated rings. The van der Waals surface area contributed by atoms with E-state index in [-0.39, 0.29) is 0 Å². The van der Waals surface area contributed by atoms with Gasteiger partial charge in [0.15, 0.2) is 0 Å². The predicted octanol–water partition coefficient (Wildman–Crippen LogP) is 6.45. The second kappa shape index (κ2) is 7.77. The second-order valence-corrected chi connectivity index (χ2v) is 10.4. The molecule has 146 valence electrons. The average Bonchev–Trinajstić information content (AvgIpc) is 2.65. The van der Waals surface area contributed by atoms with Crippen molar-refractivity contribution in [2.45, 2.75) is 41.5 Å². The lowest BCUT2D eigenvalue weighted by atomic mass is 10.1. The van der Waals surface area contributed by atoms with Crippen molar-refractivity contribution < 1.29 is 0 Å². The summed E-state index contributed by atoms with van der Waals surface area (Å²) in [5, 5.41) is 7.08. The van der Waals surface area contributed by atoms with Gasteiger partial charge in [0.05, 0.1) is 0 Å². The highest BCUT2D eigenvalue weighted by Crippen LogP contribution is 2.39. The van der Waals surface area contributed by atoms with Crippen LogP contribution in [0.5, 0.6) is 0 Å². The predicted molar refractivity (Wildman–Crippen MR) is 131 cm³/mol. The minimum absolute atomic E-state index is 0.627. The Morgan fingerprint density at radius 2 is 0.931 bits per heavy atom. The summed E-state index contributed by atoms with van der Waals surface area (Å²) in [5.74, 6) is 0. The van der Waals surface area contributed by atoms with Crippen molar-refractivity contribution in [2.24, 2.45) is 0 Å². The maximum absolute atomic E-state index is 2.42. The van der Waals surface area contributed by atoms with Crippen LogP contribution in [0.2, 0.25) is 0 Å². The van der Waals surface area contributed by atoms with E-state index in [0.29, 0.717) is 0 Å². The molecule has 4 aromatic rings. The Bertz CT molecular complexity index is 1110. The van der Waals surface area contributed by atoms with Gasteiger partial charge in [-0.1, -0.05) is 71.8 Å². The molecule has 0 aliphatic carbocycles. The summed E-state index contributed by atoms with van der Waals surface area (Å²) in [6.45, 7) is 13.5. The van der Waals surface area contributed by atoms with Crippen LogP contribution in [0.15, 0.2) is 66.7 Å². The third kappa shape index (κ3) is 3.75. The van der Waals surface area contributed by atoms with Crippen molar-refractivity contribution in [1.82, 2.24) is 0 Å². The highest BCUT2D eigenvalue weighted by Gasteiger charge is 2.24. The van der Waals surface area contributed by atoms with Gasteiger partial charge in [-0.05, 0) is 104 Å². The number of hydrogen-bond acceptors (Lipinski definition) is 0. The molecule has 0 atom stereocenters. The van der Waals surface area contributed by atoms with E-state index in [2.05, 4.69) is 108 Å². The molecule has 0 spiro atoms. The quantitative estimate of drug-likeness (QED) is 0.349. The largest absolute Gasteiger partial charge is 0.0616 e. The lowest BCUT2D eigenvalue weighted by molar-refractivity contribution is 1.35. The Labute approximate surface area is 176 Å². The van der Waals surface area contributed by atoms with Crippen LogP contribution in [-0.2, 0) is 0 Å². The van der Waals surface area contributed by atoms with Gasteiger partial charge in [-0.2, -0.15) is 0 Å². The highest BCUT2D eigenvalue weighted by molar-refractivity contribution is 7.80. The fraction of sp³-hybridized carbons (Fsp3) is 0.214. The summed E-state index contributed by atoms with van der Waals surface area (Å²) in [6.07, 6.45) is 0. The topological polar surface area (TPSA) is 0 Å². The molecule has 0 nitrogen and oxygen atoms in total. The van der Waals surface area contributed by atoms with Crippen LogP contribution in [0.4, 0.5) is 0 Å². The molecule has 0 heterocycles. The smallest absolute Gasteiger partial charge is 0.00923 e. The van der Waals surface area contributed by atoms with E-state index in [0.717, 1.165) is 0 Å². The van der Waals surface area contributed by atoms with Gasteiger partial charge < -0.3 is 0 Å². The van der Waals surface area contributed by atoms with Gasteiger partial charge in [-0.3, -0.25) is 0 Å². The van der Waals surface area contributed by atoms with E-state index in [4.69, 9.17) is 0 Å². The van der Waals surface area contributed by atoms with Crippen LogP contribution in [-0.4, -0.2) is 0 Å². The van der Waals surface area contributed by atoms with Crippen molar-refractivity contribution in [3.8, 4) is 0 Å². The van der Waals surface area contributed by atoms with Crippen molar-refractivity contribution in [1.29, 1.82) is 0 Å². The first kappa shape index (κ1) is 19.9. The van der Waals surface area contributed by atoms with Crippen LogP contribution in [0.1, 0.15) is 33.4 Å². The van der Waals surface area contributed by atoms with E-state index in [1.807, 2.05) is 0 Å². The minimum atomic E-state index is -0.627. The third-order valence-corrected chi connectivity index (χ3v) is 8.81. The summed E-state index contributed by atoms with van der Waals surface area (Å²) in [6, 6.07) is 25.1. The van der Waals surface area contributed by atoms with Gasteiger partial charge in [0, 0.05) is 0 Å². The molecular weight excluding hydrogens is 367 g/mol. The molecule has 0 unspecified atom stereocenters. The number of benzene rings is 4. The monoisotopic (exact) mass is 396 g/mol. The van der Waals surface area contributed by atoms with Gasteiger partial charge in [0.1, 0.15) is 0 Å². The minimum Gasteiger partial charge on any atom is -0.0616 e. The summed E-state index contributed by atoms with van der Waals surface area (Å²) in [4.78, 5) is 0. The molecular formula is C28H29P. The van der Waals surface area contributed by atoms with Crippen LogP contribution in [0.3, 0.4) is 0 Å². The fourth-order valence-corrected chi connectivity index (χ4v) is 7.64. The molecule has 0 bridgehead atoms. The SMILES string of the molecule is Cc1cc(C)c(P(c2ccc3ccccc3c2)c2c(C)cc(C)cc2C)c(C)c1. The normalized spacial score (nSPS) is 11.4. The fourth-order valence-electron chi connectivity index (χ4n) is 4.74. The summed E-state index contributed by atoms with van der Waals surface area (Å²) in [7, 11) is -0.627. The first-order valence-corrected chi connectivity index (χ1v) is 11.6. The van der Waals surface area contributed by atoms with Gasteiger partial charge in [0.25, 0.3) is 0 Å². The van der Waals surface area contributed by atoms with Crippen LogP contribution in [0, 0.1) is 41.5 Å². The molecule has 1 heteroatoms. The number of rotatable bonds is 3. The summed E-state index contributed by atoms with van der Waals surface area (Å²) >= 11 is 0. The number of hydrogen-bond donors (Lipinski definition) is 0. The molecule has 0 saturated heterocycles. The first-order chi connectivity index (χ1) is 13.8. The van der Waals surface area contributed by atoms with E-state index in [1.54, 1.807) is 0 Å². The zero-order chi connectivity index (χ0) is 20.7. The van der Waals surface area contributed by atoms with Gasteiger partial charge in [-0.15, -0.1) is 0 Å². The molecule has 0 radical (unpaired) electrons. The Morgan fingerprint density at radius 1 is 0.483 bits per heavy atom. The molecule has 0 aliphatic rings.